The fourth-order valence-electron chi connectivity index (χ4n) is 4.62. The second-order valence-corrected chi connectivity index (χ2v) is 8.99. The van der Waals surface area contributed by atoms with Crippen LogP contribution in [0.25, 0.3) is 0 Å². The van der Waals surface area contributed by atoms with Gasteiger partial charge in [0.1, 0.15) is 5.54 Å². The second kappa shape index (κ2) is 9.73. The third kappa shape index (κ3) is 5.07. The van der Waals surface area contributed by atoms with Gasteiger partial charge in [-0.2, -0.15) is 0 Å². The first-order valence-electron chi connectivity index (χ1n) is 11.6. The Balaban J connectivity index is 1.49. The number of carboxylic acid groups (broad SMARTS) is 1. The molecule has 0 aromatic heterocycles. The number of fused-ring (bicyclic) bond motifs is 1. The van der Waals surface area contributed by atoms with Gasteiger partial charge in [0, 0.05) is 12.0 Å². The van der Waals surface area contributed by atoms with Gasteiger partial charge in [0.25, 0.3) is 5.91 Å². The predicted octanol–water partition coefficient (Wildman–Crippen LogP) is 4.50. The molecule has 7 nitrogen and oxygen atoms in total. The SMILES string of the molecule is CC[C@H]1CC[C@@](NC(=O)c2cc(OCCc3cccc(C)c3)c3c(c2)OCO3)(C(=O)O)CC1. The smallest absolute Gasteiger partial charge is 0.329 e. The number of aryl methyl sites for hydroxylation is 1. The normalized spacial score (nSPS) is 21.5. The van der Waals surface area contributed by atoms with Crippen LogP contribution in [0, 0.1) is 12.8 Å². The van der Waals surface area contributed by atoms with E-state index < -0.39 is 17.4 Å². The van der Waals surface area contributed by atoms with E-state index in [1.807, 2.05) is 25.1 Å². The average Bonchev–Trinajstić information content (AvgIpc) is 3.28. The van der Waals surface area contributed by atoms with Crippen LogP contribution < -0.4 is 19.5 Å². The number of carboxylic acids is 1. The van der Waals surface area contributed by atoms with Gasteiger partial charge >= 0.3 is 5.97 Å². The molecule has 1 amide bonds. The van der Waals surface area contributed by atoms with Crippen LogP contribution in [0.2, 0.25) is 0 Å². The van der Waals surface area contributed by atoms with Crippen molar-refractivity contribution in [3.05, 3.63) is 53.1 Å². The molecule has 0 saturated heterocycles. The highest BCUT2D eigenvalue weighted by Crippen LogP contribution is 2.42. The summed E-state index contributed by atoms with van der Waals surface area (Å²) in [5.74, 6) is 0.379. The quantitative estimate of drug-likeness (QED) is 0.611. The Morgan fingerprint density at radius 3 is 2.67 bits per heavy atom. The van der Waals surface area contributed by atoms with Gasteiger partial charge in [0.05, 0.1) is 6.61 Å². The Labute approximate surface area is 194 Å². The second-order valence-electron chi connectivity index (χ2n) is 8.99. The van der Waals surface area contributed by atoms with Gasteiger partial charge in [0.2, 0.25) is 12.5 Å². The van der Waals surface area contributed by atoms with Crippen molar-refractivity contribution in [2.45, 2.75) is 57.9 Å². The number of benzene rings is 2. The van der Waals surface area contributed by atoms with Crippen LogP contribution >= 0.6 is 0 Å². The highest BCUT2D eigenvalue weighted by Gasteiger charge is 2.43. The van der Waals surface area contributed by atoms with E-state index in [0.29, 0.717) is 54.6 Å². The van der Waals surface area contributed by atoms with Gasteiger partial charge in [-0.15, -0.1) is 0 Å². The molecular formula is C26H31NO6. The van der Waals surface area contributed by atoms with Crippen LogP contribution in [0.5, 0.6) is 17.2 Å². The summed E-state index contributed by atoms with van der Waals surface area (Å²) in [6.45, 7) is 4.61. The molecule has 4 rings (SSSR count). The maximum atomic E-state index is 13.1. The third-order valence-corrected chi connectivity index (χ3v) is 6.73. The highest BCUT2D eigenvalue weighted by molar-refractivity contribution is 5.99. The molecule has 2 aromatic carbocycles. The zero-order valence-corrected chi connectivity index (χ0v) is 19.2. The van der Waals surface area contributed by atoms with E-state index in [4.69, 9.17) is 14.2 Å². The van der Waals surface area contributed by atoms with Gasteiger partial charge in [0.15, 0.2) is 11.5 Å². The predicted molar refractivity (Wildman–Crippen MR) is 123 cm³/mol. The minimum absolute atomic E-state index is 0.0477. The summed E-state index contributed by atoms with van der Waals surface area (Å²) >= 11 is 0. The number of hydrogen-bond donors (Lipinski definition) is 2. The summed E-state index contributed by atoms with van der Waals surface area (Å²) < 4.78 is 17.0. The summed E-state index contributed by atoms with van der Waals surface area (Å²) in [5, 5.41) is 12.7. The summed E-state index contributed by atoms with van der Waals surface area (Å²) in [6, 6.07) is 11.4. The zero-order chi connectivity index (χ0) is 23.4. The van der Waals surface area contributed by atoms with Crippen molar-refractivity contribution < 1.29 is 28.9 Å². The molecule has 0 spiro atoms. The van der Waals surface area contributed by atoms with E-state index in [0.717, 1.165) is 24.8 Å². The topological polar surface area (TPSA) is 94.1 Å². The molecule has 1 aliphatic carbocycles. The van der Waals surface area contributed by atoms with Crippen LogP contribution in [0.1, 0.15) is 60.5 Å². The van der Waals surface area contributed by atoms with Crippen molar-refractivity contribution in [2.24, 2.45) is 5.92 Å². The summed E-state index contributed by atoms with van der Waals surface area (Å²) in [6.07, 6.45) is 4.16. The number of aliphatic carboxylic acids is 1. The van der Waals surface area contributed by atoms with E-state index in [2.05, 4.69) is 18.3 Å². The lowest BCUT2D eigenvalue weighted by atomic mass is 9.75. The zero-order valence-electron chi connectivity index (χ0n) is 19.2. The molecule has 0 atom stereocenters. The first-order chi connectivity index (χ1) is 15.9. The maximum absolute atomic E-state index is 13.1. The number of nitrogens with one attached hydrogen (secondary N) is 1. The fourth-order valence-corrected chi connectivity index (χ4v) is 4.62. The van der Waals surface area contributed by atoms with Gasteiger partial charge < -0.3 is 24.6 Å². The Bertz CT molecular complexity index is 1030. The highest BCUT2D eigenvalue weighted by atomic mass is 16.7. The van der Waals surface area contributed by atoms with E-state index in [9.17, 15) is 14.7 Å². The molecule has 1 aliphatic heterocycles. The number of carbonyl (C=O) groups is 2. The molecule has 33 heavy (non-hydrogen) atoms. The van der Waals surface area contributed by atoms with Crippen molar-refractivity contribution in [3.8, 4) is 17.2 Å². The first kappa shape index (κ1) is 23.0. The van der Waals surface area contributed by atoms with Gasteiger partial charge in [-0.3, -0.25) is 4.79 Å². The molecule has 2 N–H and O–H groups in total. The fraction of sp³-hybridized carbons (Fsp3) is 0.462. The van der Waals surface area contributed by atoms with Crippen LogP contribution in [-0.2, 0) is 11.2 Å². The molecule has 0 unspecified atom stereocenters. The van der Waals surface area contributed by atoms with Gasteiger partial charge in [-0.05, 0) is 56.2 Å². The lowest BCUT2D eigenvalue weighted by Gasteiger charge is -2.37. The molecule has 1 heterocycles. The molecule has 0 radical (unpaired) electrons. The molecular weight excluding hydrogens is 422 g/mol. The Hall–Kier alpha value is -3.22. The van der Waals surface area contributed by atoms with Crippen molar-refractivity contribution >= 4 is 11.9 Å². The number of amides is 1. The number of ether oxygens (including phenoxy) is 3. The maximum Gasteiger partial charge on any atom is 0.329 e. The largest absolute Gasteiger partial charge is 0.489 e. The third-order valence-electron chi connectivity index (χ3n) is 6.73. The standard InChI is InChI=1S/C26H31NO6/c1-3-18-7-10-26(11-8-18,25(29)30)27-24(28)20-14-21(23-22(15-20)32-16-33-23)31-12-9-19-6-4-5-17(2)13-19/h4-6,13-15,18H,3,7-12,16H2,1-2H3,(H,27,28)(H,29,30)/t18-,26-. The van der Waals surface area contributed by atoms with E-state index >= 15 is 0 Å². The summed E-state index contributed by atoms with van der Waals surface area (Å²) in [7, 11) is 0. The van der Waals surface area contributed by atoms with Gasteiger partial charge in [-0.1, -0.05) is 43.2 Å². The van der Waals surface area contributed by atoms with Crippen molar-refractivity contribution in [1.82, 2.24) is 5.32 Å². The lowest BCUT2D eigenvalue weighted by Crippen LogP contribution is -2.56. The molecule has 2 aliphatic rings. The van der Waals surface area contributed by atoms with Crippen molar-refractivity contribution in [2.75, 3.05) is 13.4 Å². The molecule has 1 saturated carbocycles. The van der Waals surface area contributed by atoms with Gasteiger partial charge in [-0.25, -0.2) is 4.79 Å². The lowest BCUT2D eigenvalue weighted by molar-refractivity contribution is -0.146. The first-order valence-corrected chi connectivity index (χ1v) is 11.6. The Morgan fingerprint density at radius 1 is 1.18 bits per heavy atom. The molecule has 0 bridgehead atoms. The Morgan fingerprint density at radius 2 is 1.97 bits per heavy atom. The van der Waals surface area contributed by atoms with Crippen molar-refractivity contribution in [1.29, 1.82) is 0 Å². The Kier molecular flexibility index (Phi) is 6.77. The van der Waals surface area contributed by atoms with E-state index in [-0.39, 0.29) is 6.79 Å². The summed E-state index contributed by atoms with van der Waals surface area (Å²) in [5.41, 5.74) is 1.39. The van der Waals surface area contributed by atoms with Crippen LogP contribution in [0.3, 0.4) is 0 Å². The molecule has 7 heteroatoms. The van der Waals surface area contributed by atoms with Crippen LogP contribution in [0.4, 0.5) is 0 Å². The molecule has 1 fully saturated rings. The minimum atomic E-state index is -1.24. The number of carbonyl (C=O) groups excluding carboxylic acids is 1. The molecule has 176 valence electrons. The van der Waals surface area contributed by atoms with E-state index in [1.165, 1.54) is 5.56 Å². The minimum Gasteiger partial charge on any atom is -0.489 e. The molecule has 2 aromatic rings. The average molecular weight is 454 g/mol. The summed E-state index contributed by atoms with van der Waals surface area (Å²) in [4.78, 5) is 25.2. The van der Waals surface area contributed by atoms with Crippen LogP contribution in [0.15, 0.2) is 36.4 Å². The van der Waals surface area contributed by atoms with Crippen molar-refractivity contribution in [3.63, 3.8) is 0 Å². The van der Waals surface area contributed by atoms with E-state index in [1.54, 1.807) is 12.1 Å². The monoisotopic (exact) mass is 453 g/mol. The number of hydrogen-bond acceptors (Lipinski definition) is 5. The van der Waals surface area contributed by atoms with Crippen LogP contribution in [-0.4, -0.2) is 35.9 Å². The number of rotatable bonds is 8.